The summed E-state index contributed by atoms with van der Waals surface area (Å²) in [5, 5.41) is 0. The van der Waals surface area contributed by atoms with Crippen molar-refractivity contribution >= 4 is 15.7 Å². The summed E-state index contributed by atoms with van der Waals surface area (Å²) in [5.41, 5.74) is 4.96. The van der Waals surface area contributed by atoms with E-state index in [4.69, 9.17) is 9.47 Å². The fourth-order valence-electron chi connectivity index (χ4n) is 3.87. The van der Waals surface area contributed by atoms with Gasteiger partial charge in [-0.05, 0) is 52.9 Å². The van der Waals surface area contributed by atoms with Gasteiger partial charge in [-0.15, -0.1) is 0 Å². The smallest absolute Gasteiger partial charge is 0.261 e. The van der Waals surface area contributed by atoms with Crippen molar-refractivity contribution in [3.05, 3.63) is 71.8 Å². The molecule has 0 amide bonds. The van der Waals surface area contributed by atoms with E-state index >= 15 is 0 Å². The molecule has 0 radical (unpaired) electrons. The third-order valence-electron chi connectivity index (χ3n) is 5.57. The summed E-state index contributed by atoms with van der Waals surface area (Å²) in [5.74, 6) is 0.445. The van der Waals surface area contributed by atoms with E-state index in [1.165, 1.54) is 11.1 Å². The van der Waals surface area contributed by atoms with Crippen LogP contribution in [0.4, 0.5) is 5.69 Å². The zero-order valence-corrected chi connectivity index (χ0v) is 17.0. The van der Waals surface area contributed by atoms with Crippen molar-refractivity contribution in [2.24, 2.45) is 0 Å². The van der Waals surface area contributed by atoms with Crippen molar-refractivity contribution in [2.75, 3.05) is 4.72 Å². The van der Waals surface area contributed by atoms with Gasteiger partial charge in [0.25, 0.3) is 10.0 Å². The molecular weight excluding hydrogens is 386 g/mol. The van der Waals surface area contributed by atoms with E-state index in [9.17, 15) is 8.42 Å². The Kier molecular flexibility index (Phi) is 3.90. The number of nitrogens with one attached hydrogen (secondary N) is 1. The first-order valence-electron chi connectivity index (χ1n) is 9.63. The molecule has 1 heterocycles. The molecule has 1 aliphatic heterocycles. The van der Waals surface area contributed by atoms with Crippen LogP contribution < -0.4 is 14.2 Å². The first-order valence-corrected chi connectivity index (χ1v) is 11.1. The lowest BCUT2D eigenvalue weighted by Gasteiger charge is -2.20. The summed E-state index contributed by atoms with van der Waals surface area (Å²) in [7, 11) is -3.72. The first kappa shape index (κ1) is 18.1. The van der Waals surface area contributed by atoms with E-state index < -0.39 is 15.8 Å². The SMILES string of the molecule is CC[C@]1(C)Oc2ccc(NS(=O)(=O)c3ccc4c(c3)Cc3ccccc3-4)cc2O1. The standard InChI is InChI=1S/C23H21NO4S/c1-3-23(2)27-21-11-8-17(14-22(21)28-23)24-29(25,26)18-9-10-20-16(13-18)12-15-6-4-5-7-19(15)20/h4-11,13-14,24H,3,12H2,1-2H3/t23-/m1/s1. The number of ether oxygens (including phenoxy) is 2. The number of hydrogen-bond donors (Lipinski definition) is 1. The molecule has 6 heteroatoms. The fourth-order valence-corrected chi connectivity index (χ4v) is 4.97. The largest absolute Gasteiger partial charge is 0.449 e. The minimum atomic E-state index is -3.72. The minimum Gasteiger partial charge on any atom is -0.449 e. The lowest BCUT2D eigenvalue weighted by molar-refractivity contribution is -0.0640. The monoisotopic (exact) mass is 407 g/mol. The second-order valence-corrected chi connectivity index (χ2v) is 9.29. The molecule has 0 fully saturated rings. The van der Waals surface area contributed by atoms with Crippen LogP contribution in [0, 0.1) is 0 Å². The summed E-state index contributed by atoms with van der Waals surface area (Å²) < 4.78 is 40.2. The third-order valence-corrected chi connectivity index (χ3v) is 6.94. The Balaban J connectivity index is 1.42. The molecule has 1 aliphatic carbocycles. The first-order chi connectivity index (χ1) is 13.9. The van der Waals surface area contributed by atoms with Gasteiger partial charge < -0.3 is 9.47 Å². The van der Waals surface area contributed by atoms with Crippen molar-refractivity contribution in [1.29, 1.82) is 0 Å². The number of sulfonamides is 1. The molecule has 0 aromatic heterocycles. The highest BCUT2D eigenvalue weighted by molar-refractivity contribution is 7.92. The van der Waals surface area contributed by atoms with Gasteiger partial charge in [0, 0.05) is 19.4 Å². The molecule has 0 saturated heterocycles. The number of fused-ring (bicyclic) bond motifs is 4. The molecule has 3 aromatic carbocycles. The Morgan fingerprint density at radius 1 is 0.931 bits per heavy atom. The van der Waals surface area contributed by atoms with E-state index in [0.717, 1.165) is 17.5 Å². The van der Waals surface area contributed by atoms with Gasteiger partial charge in [0.1, 0.15) is 0 Å². The van der Waals surface area contributed by atoms with Crippen LogP contribution in [0.2, 0.25) is 0 Å². The number of benzene rings is 3. The highest BCUT2D eigenvalue weighted by atomic mass is 32.2. The minimum absolute atomic E-state index is 0.250. The molecule has 0 spiro atoms. The van der Waals surface area contributed by atoms with E-state index in [1.807, 2.05) is 32.0 Å². The Bertz CT molecular complexity index is 1240. The van der Waals surface area contributed by atoms with Crippen LogP contribution in [0.3, 0.4) is 0 Å². The van der Waals surface area contributed by atoms with Gasteiger partial charge in [0.05, 0.1) is 10.6 Å². The molecule has 2 aliphatic rings. The van der Waals surface area contributed by atoms with E-state index in [2.05, 4.69) is 16.9 Å². The van der Waals surface area contributed by atoms with Crippen LogP contribution in [0.1, 0.15) is 31.4 Å². The second kappa shape index (κ2) is 6.26. The Morgan fingerprint density at radius 3 is 2.52 bits per heavy atom. The summed E-state index contributed by atoms with van der Waals surface area (Å²) in [4.78, 5) is 0.250. The average molecular weight is 407 g/mol. The molecule has 1 atom stereocenters. The van der Waals surface area contributed by atoms with E-state index in [0.29, 0.717) is 23.6 Å². The molecule has 0 bridgehead atoms. The van der Waals surface area contributed by atoms with Gasteiger partial charge in [0.15, 0.2) is 11.5 Å². The summed E-state index contributed by atoms with van der Waals surface area (Å²) in [6.45, 7) is 3.83. The van der Waals surface area contributed by atoms with Crippen molar-refractivity contribution in [3.63, 3.8) is 0 Å². The maximum atomic E-state index is 13.0. The van der Waals surface area contributed by atoms with Crippen molar-refractivity contribution < 1.29 is 17.9 Å². The van der Waals surface area contributed by atoms with Crippen LogP contribution >= 0.6 is 0 Å². The predicted octanol–water partition coefficient (Wildman–Crippen LogP) is 4.96. The molecule has 0 saturated carbocycles. The molecule has 5 rings (SSSR count). The van der Waals surface area contributed by atoms with Crippen LogP contribution in [-0.2, 0) is 16.4 Å². The van der Waals surface area contributed by atoms with Gasteiger partial charge in [-0.2, -0.15) is 0 Å². The Hall–Kier alpha value is -2.99. The van der Waals surface area contributed by atoms with Gasteiger partial charge >= 0.3 is 0 Å². The second-order valence-electron chi connectivity index (χ2n) is 7.61. The predicted molar refractivity (Wildman–Crippen MR) is 112 cm³/mol. The Morgan fingerprint density at radius 2 is 1.69 bits per heavy atom. The summed E-state index contributed by atoms with van der Waals surface area (Å²) in [6.07, 6.45) is 1.43. The zero-order chi connectivity index (χ0) is 20.2. The quantitative estimate of drug-likeness (QED) is 0.520. The molecule has 1 N–H and O–H groups in total. The maximum absolute atomic E-state index is 13.0. The van der Waals surface area contributed by atoms with E-state index in [-0.39, 0.29) is 4.90 Å². The number of hydrogen-bond acceptors (Lipinski definition) is 4. The van der Waals surface area contributed by atoms with Gasteiger partial charge in [-0.3, -0.25) is 4.72 Å². The molecule has 29 heavy (non-hydrogen) atoms. The van der Waals surface area contributed by atoms with Crippen LogP contribution in [0.25, 0.3) is 11.1 Å². The fraction of sp³-hybridized carbons (Fsp3) is 0.217. The lowest BCUT2D eigenvalue weighted by Crippen LogP contribution is -2.33. The summed E-state index contributed by atoms with van der Waals surface area (Å²) in [6, 6.07) is 18.6. The lowest BCUT2D eigenvalue weighted by atomic mass is 10.1. The maximum Gasteiger partial charge on any atom is 0.261 e. The average Bonchev–Trinajstić information content (AvgIpc) is 3.24. The normalized spacial score (nSPS) is 19.0. The van der Waals surface area contributed by atoms with Crippen molar-refractivity contribution in [3.8, 4) is 22.6 Å². The van der Waals surface area contributed by atoms with Gasteiger partial charge in [-0.25, -0.2) is 8.42 Å². The highest BCUT2D eigenvalue weighted by Gasteiger charge is 2.35. The van der Waals surface area contributed by atoms with Gasteiger partial charge in [0.2, 0.25) is 5.79 Å². The number of anilines is 1. The summed E-state index contributed by atoms with van der Waals surface area (Å²) >= 11 is 0. The van der Waals surface area contributed by atoms with Crippen LogP contribution in [-0.4, -0.2) is 14.2 Å². The van der Waals surface area contributed by atoms with Gasteiger partial charge in [-0.1, -0.05) is 37.3 Å². The molecule has 148 valence electrons. The van der Waals surface area contributed by atoms with Crippen molar-refractivity contribution in [2.45, 2.75) is 37.4 Å². The zero-order valence-electron chi connectivity index (χ0n) is 16.2. The molecule has 5 nitrogen and oxygen atoms in total. The third kappa shape index (κ3) is 3.04. The highest BCUT2D eigenvalue weighted by Crippen LogP contribution is 2.42. The molecule has 0 unspecified atom stereocenters. The molecular formula is C23H21NO4S. The van der Waals surface area contributed by atoms with Crippen LogP contribution in [0.15, 0.2) is 65.6 Å². The van der Waals surface area contributed by atoms with Crippen LogP contribution in [0.5, 0.6) is 11.5 Å². The number of rotatable bonds is 4. The van der Waals surface area contributed by atoms with E-state index in [1.54, 1.807) is 30.3 Å². The topological polar surface area (TPSA) is 64.6 Å². The van der Waals surface area contributed by atoms with Crippen molar-refractivity contribution in [1.82, 2.24) is 0 Å². The Labute approximate surface area is 170 Å². The molecule has 3 aromatic rings.